The minimum absolute atomic E-state index is 0.145. The largest absolute Gasteiger partial charge is 0.479 e. The van der Waals surface area contributed by atoms with E-state index >= 15 is 0 Å². The number of nitrogens with one attached hydrogen (secondary N) is 1. The third-order valence-corrected chi connectivity index (χ3v) is 6.95. The van der Waals surface area contributed by atoms with Crippen LogP contribution in [0.4, 0.5) is 4.39 Å². The summed E-state index contributed by atoms with van der Waals surface area (Å²) in [6.45, 7) is 4.74. The van der Waals surface area contributed by atoms with Crippen LogP contribution in [0.25, 0.3) is 0 Å². The molecule has 0 saturated carbocycles. The van der Waals surface area contributed by atoms with Crippen LogP contribution < -0.4 is 5.32 Å². The molecule has 4 rings (SSSR count). The molecule has 2 aliphatic rings. The molecule has 2 N–H and O–H groups in total. The van der Waals surface area contributed by atoms with Gasteiger partial charge < -0.3 is 19.9 Å². The Labute approximate surface area is 213 Å². The lowest BCUT2D eigenvalue weighted by Gasteiger charge is -2.34. The maximum atomic E-state index is 13.9. The molecule has 0 radical (unpaired) electrons. The van der Waals surface area contributed by atoms with Crippen LogP contribution in [0, 0.1) is 12.7 Å². The van der Waals surface area contributed by atoms with Crippen LogP contribution in [0.2, 0.25) is 0 Å². The summed E-state index contributed by atoms with van der Waals surface area (Å²) in [4.78, 5) is 31.3. The van der Waals surface area contributed by atoms with Gasteiger partial charge in [0.2, 0.25) is 0 Å². The Morgan fingerprint density at radius 1 is 1.40 bits per heavy atom. The van der Waals surface area contributed by atoms with Crippen molar-refractivity contribution < 1.29 is 28.6 Å². The Kier molecular flexibility index (Phi) is 7.89. The van der Waals surface area contributed by atoms with Gasteiger partial charge in [0.15, 0.2) is 16.9 Å². The Bertz CT molecular complexity index is 1200. The minimum atomic E-state index is -1.05. The molecule has 3 heterocycles. The zero-order chi connectivity index (χ0) is 25.1. The van der Waals surface area contributed by atoms with Crippen molar-refractivity contribution in [1.82, 2.24) is 20.4 Å². The van der Waals surface area contributed by atoms with Crippen LogP contribution in [0.15, 0.2) is 38.9 Å². The third kappa shape index (κ3) is 5.74. The van der Waals surface area contributed by atoms with Crippen LogP contribution >= 0.6 is 27.3 Å². The van der Waals surface area contributed by atoms with Gasteiger partial charge in [-0.15, -0.1) is 10.2 Å². The standard InChI is InChI=1S/C22H23BrFN5O5S/c1-3-33-22(32)17-15(9-29-6-7-34-16(10-29)21(30)31)25-19(20-28-27-11(2)35-20)26-18(17)13-5-4-12(24)8-14(13)23/h4-5,8,16,18H,3,6-7,9-10H2,1-2H3,(H,25,26)(H,30,31). The average molecular weight is 568 g/mol. The van der Waals surface area contributed by atoms with E-state index in [0.29, 0.717) is 33.1 Å². The highest BCUT2D eigenvalue weighted by atomic mass is 79.9. The smallest absolute Gasteiger partial charge is 0.338 e. The number of aryl methyl sites for hydroxylation is 1. The lowest BCUT2D eigenvalue weighted by atomic mass is 9.95. The van der Waals surface area contributed by atoms with Crippen molar-refractivity contribution in [3.63, 3.8) is 0 Å². The number of hydrogen-bond donors (Lipinski definition) is 2. The number of carbonyl (C=O) groups is 2. The predicted octanol–water partition coefficient (Wildman–Crippen LogP) is 2.44. The summed E-state index contributed by atoms with van der Waals surface area (Å²) in [5.74, 6) is -1.66. The van der Waals surface area contributed by atoms with Gasteiger partial charge in [-0.3, -0.25) is 9.89 Å². The number of aromatic nitrogens is 2. The monoisotopic (exact) mass is 567 g/mol. The molecule has 186 valence electrons. The number of aliphatic carboxylic acids is 1. The molecule has 0 spiro atoms. The molecule has 0 amide bonds. The van der Waals surface area contributed by atoms with Gasteiger partial charge in [0.25, 0.3) is 0 Å². The van der Waals surface area contributed by atoms with E-state index in [1.807, 2.05) is 11.8 Å². The van der Waals surface area contributed by atoms with Crippen molar-refractivity contribution in [2.75, 3.05) is 32.8 Å². The predicted molar refractivity (Wildman–Crippen MR) is 129 cm³/mol. The molecule has 2 unspecified atom stereocenters. The van der Waals surface area contributed by atoms with E-state index in [1.165, 1.54) is 23.5 Å². The Hall–Kier alpha value is -2.74. The quantitative estimate of drug-likeness (QED) is 0.485. The highest BCUT2D eigenvalue weighted by Gasteiger charge is 2.36. The molecular weight excluding hydrogens is 545 g/mol. The normalized spacial score (nSPS) is 20.9. The van der Waals surface area contributed by atoms with E-state index in [2.05, 4.69) is 31.4 Å². The molecule has 2 aliphatic heterocycles. The number of aliphatic imine (C=N–C) groups is 1. The van der Waals surface area contributed by atoms with Crippen LogP contribution in [0.1, 0.15) is 28.5 Å². The maximum Gasteiger partial charge on any atom is 0.338 e. The van der Waals surface area contributed by atoms with E-state index in [1.54, 1.807) is 13.0 Å². The molecule has 1 fully saturated rings. The molecule has 10 nitrogen and oxygen atoms in total. The fourth-order valence-electron chi connectivity index (χ4n) is 3.84. The summed E-state index contributed by atoms with van der Waals surface area (Å²) < 4.78 is 25.0. The summed E-state index contributed by atoms with van der Waals surface area (Å²) >= 11 is 4.73. The van der Waals surface area contributed by atoms with Gasteiger partial charge >= 0.3 is 11.9 Å². The second kappa shape index (κ2) is 10.9. The molecule has 13 heteroatoms. The molecule has 0 aliphatic carbocycles. The van der Waals surface area contributed by atoms with E-state index in [-0.39, 0.29) is 31.9 Å². The van der Waals surface area contributed by atoms with Gasteiger partial charge in [-0.05, 0) is 31.5 Å². The average Bonchev–Trinajstić information content (AvgIpc) is 3.25. The van der Waals surface area contributed by atoms with Gasteiger partial charge in [0.05, 0.1) is 18.8 Å². The number of rotatable bonds is 7. The lowest BCUT2D eigenvalue weighted by molar-refractivity contribution is -0.155. The Morgan fingerprint density at radius 3 is 2.86 bits per heavy atom. The molecule has 35 heavy (non-hydrogen) atoms. The van der Waals surface area contributed by atoms with Gasteiger partial charge in [-0.1, -0.05) is 33.3 Å². The summed E-state index contributed by atoms with van der Waals surface area (Å²) in [6.07, 6.45) is -0.972. The van der Waals surface area contributed by atoms with Gasteiger partial charge in [0, 0.05) is 29.8 Å². The Morgan fingerprint density at radius 2 is 2.20 bits per heavy atom. The first-order valence-electron chi connectivity index (χ1n) is 10.8. The summed E-state index contributed by atoms with van der Waals surface area (Å²) in [6, 6.07) is 3.35. The first-order chi connectivity index (χ1) is 16.8. The fourth-order valence-corrected chi connectivity index (χ4v) is 5.05. The highest BCUT2D eigenvalue weighted by molar-refractivity contribution is 9.10. The van der Waals surface area contributed by atoms with Crippen molar-refractivity contribution in [1.29, 1.82) is 0 Å². The molecule has 0 bridgehead atoms. The van der Waals surface area contributed by atoms with Crippen molar-refractivity contribution in [3.05, 3.63) is 55.3 Å². The third-order valence-electron chi connectivity index (χ3n) is 5.41. The minimum Gasteiger partial charge on any atom is -0.479 e. The number of amidine groups is 1. The van der Waals surface area contributed by atoms with Crippen molar-refractivity contribution >= 4 is 45.0 Å². The maximum absolute atomic E-state index is 13.9. The number of ether oxygens (including phenoxy) is 2. The summed E-state index contributed by atoms with van der Waals surface area (Å²) in [5.41, 5.74) is 1.31. The zero-order valence-corrected chi connectivity index (χ0v) is 21.4. The number of carboxylic acids is 1. The highest BCUT2D eigenvalue weighted by Crippen LogP contribution is 2.37. The summed E-state index contributed by atoms with van der Waals surface area (Å²) in [5, 5.41) is 22.1. The molecular formula is C22H23BrFN5O5S. The second-order valence-corrected chi connectivity index (χ2v) is 9.88. The van der Waals surface area contributed by atoms with Crippen LogP contribution in [0.3, 0.4) is 0 Å². The lowest BCUT2D eigenvalue weighted by Crippen LogP contribution is -2.48. The number of hydrogen-bond acceptors (Lipinski definition) is 10. The molecule has 1 saturated heterocycles. The number of carbonyl (C=O) groups excluding carboxylic acids is 1. The molecule has 1 aromatic heterocycles. The van der Waals surface area contributed by atoms with Crippen LogP contribution in [0.5, 0.6) is 0 Å². The first kappa shape index (κ1) is 25.4. The second-order valence-electron chi connectivity index (χ2n) is 7.84. The van der Waals surface area contributed by atoms with E-state index in [9.17, 15) is 19.1 Å². The van der Waals surface area contributed by atoms with E-state index < -0.39 is 29.9 Å². The number of morpholine rings is 1. The van der Waals surface area contributed by atoms with E-state index in [4.69, 9.17) is 14.5 Å². The van der Waals surface area contributed by atoms with Gasteiger partial charge in [-0.2, -0.15) is 0 Å². The fraction of sp³-hybridized carbons (Fsp3) is 0.409. The number of carboxylic acid groups (broad SMARTS) is 1. The molecule has 2 aromatic rings. The zero-order valence-electron chi connectivity index (χ0n) is 19.0. The Balaban J connectivity index is 1.80. The van der Waals surface area contributed by atoms with Gasteiger partial charge in [0.1, 0.15) is 16.9 Å². The number of halogens is 2. The number of esters is 1. The van der Waals surface area contributed by atoms with Gasteiger partial charge in [-0.25, -0.2) is 14.0 Å². The summed E-state index contributed by atoms with van der Waals surface area (Å²) in [7, 11) is 0. The first-order valence-corrected chi connectivity index (χ1v) is 12.4. The SMILES string of the molecule is CCOC(=O)C1=C(CN2CCOC(C(=O)O)C2)NC(c2nnc(C)s2)=NC1c1ccc(F)cc1Br. The molecule has 1 aromatic carbocycles. The van der Waals surface area contributed by atoms with Crippen LogP contribution in [-0.2, 0) is 19.1 Å². The number of benzene rings is 1. The van der Waals surface area contributed by atoms with Crippen LogP contribution in [-0.4, -0.2) is 76.9 Å². The van der Waals surface area contributed by atoms with Crippen molar-refractivity contribution in [2.45, 2.75) is 26.0 Å². The van der Waals surface area contributed by atoms with Crippen molar-refractivity contribution in [3.8, 4) is 0 Å². The topological polar surface area (TPSA) is 126 Å². The molecule has 2 atom stereocenters. The van der Waals surface area contributed by atoms with Crippen molar-refractivity contribution in [2.24, 2.45) is 4.99 Å². The van der Waals surface area contributed by atoms with E-state index in [0.717, 1.165) is 5.01 Å². The number of nitrogens with zero attached hydrogens (tertiary/aromatic N) is 4.